The second-order valence-electron chi connectivity index (χ2n) is 6.60. The van der Waals surface area contributed by atoms with Crippen molar-refractivity contribution in [2.75, 3.05) is 37.5 Å². The monoisotopic (exact) mass is 342 g/mol. The maximum Gasteiger partial charge on any atom is 0.133 e. The van der Waals surface area contributed by atoms with E-state index in [0.29, 0.717) is 12.0 Å². The summed E-state index contributed by atoms with van der Waals surface area (Å²) < 4.78 is 10.8. The van der Waals surface area contributed by atoms with Crippen LogP contribution in [0.4, 0.5) is 11.5 Å². The summed E-state index contributed by atoms with van der Waals surface area (Å²) >= 11 is 0. The predicted octanol–water partition coefficient (Wildman–Crippen LogP) is 3.31. The van der Waals surface area contributed by atoms with Gasteiger partial charge in [-0.25, -0.2) is 9.97 Å². The van der Waals surface area contributed by atoms with Crippen LogP contribution in [0.25, 0.3) is 0 Å². The van der Waals surface area contributed by atoms with E-state index in [9.17, 15) is 0 Å². The van der Waals surface area contributed by atoms with Crippen LogP contribution < -0.4 is 19.7 Å². The Labute approximate surface area is 149 Å². The minimum Gasteiger partial charge on any atom is -0.497 e. The molecule has 0 spiro atoms. The van der Waals surface area contributed by atoms with Gasteiger partial charge >= 0.3 is 0 Å². The number of ether oxygens (including phenoxy) is 2. The van der Waals surface area contributed by atoms with E-state index in [1.54, 1.807) is 14.2 Å². The summed E-state index contributed by atoms with van der Waals surface area (Å²) in [4.78, 5) is 11.3. The summed E-state index contributed by atoms with van der Waals surface area (Å²) in [5.74, 6) is 3.71. The van der Waals surface area contributed by atoms with Crippen LogP contribution in [0, 0.1) is 0 Å². The Kier molecular flexibility index (Phi) is 5.26. The molecular formula is C19H26N4O2. The zero-order chi connectivity index (χ0) is 17.8. The molecule has 0 aliphatic carbocycles. The van der Waals surface area contributed by atoms with E-state index in [1.165, 1.54) is 0 Å². The Morgan fingerprint density at radius 2 is 1.88 bits per heavy atom. The van der Waals surface area contributed by atoms with Crippen LogP contribution in [0.2, 0.25) is 0 Å². The summed E-state index contributed by atoms with van der Waals surface area (Å²) in [5, 5.41) is 3.54. The molecule has 1 saturated heterocycles. The van der Waals surface area contributed by atoms with Crippen LogP contribution in [0.15, 0.2) is 30.5 Å². The van der Waals surface area contributed by atoms with Gasteiger partial charge in [0.1, 0.15) is 23.1 Å². The lowest BCUT2D eigenvalue weighted by Gasteiger charge is -2.21. The SMILES string of the molecule is COc1cc(OC)cc(N2CCC(Nc3ccnc(C(C)C)n3)C2)c1. The molecule has 6 nitrogen and oxygen atoms in total. The highest BCUT2D eigenvalue weighted by atomic mass is 16.5. The average molecular weight is 342 g/mol. The first-order chi connectivity index (χ1) is 12.1. The van der Waals surface area contributed by atoms with Gasteiger partial charge < -0.3 is 19.7 Å². The molecule has 2 heterocycles. The van der Waals surface area contributed by atoms with Crippen molar-refractivity contribution in [2.45, 2.75) is 32.2 Å². The number of methoxy groups -OCH3 is 2. The van der Waals surface area contributed by atoms with Crippen LogP contribution in [0.5, 0.6) is 11.5 Å². The van der Waals surface area contributed by atoms with Crippen molar-refractivity contribution in [1.82, 2.24) is 9.97 Å². The molecule has 1 atom stereocenters. The number of rotatable bonds is 6. The number of benzene rings is 1. The van der Waals surface area contributed by atoms with Gasteiger partial charge in [0.15, 0.2) is 0 Å². The van der Waals surface area contributed by atoms with Crippen molar-refractivity contribution < 1.29 is 9.47 Å². The van der Waals surface area contributed by atoms with Gasteiger partial charge in [0, 0.05) is 55.1 Å². The van der Waals surface area contributed by atoms with Gasteiger partial charge in [-0.3, -0.25) is 0 Å². The third kappa shape index (κ3) is 4.13. The molecule has 0 radical (unpaired) electrons. The maximum absolute atomic E-state index is 5.38. The first-order valence-electron chi connectivity index (χ1n) is 8.66. The molecule has 134 valence electrons. The molecule has 1 N–H and O–H groups in total. The van der Waals surface area contributed by atoms with Crippen molar-refractivity contribution in [2.24, 2.45) is 0 Å². The molecule has 1 aromatic heterocycles. The Bertz CT molecular complexity index is 698. The average Bonchev–Trinajstić information content (AvgIpc) is 3.10. The van der Waals surface area contributed by atoms with E-state index in [4.69, 9.17) is 9.47 Å². The minimum absolute atomic E-state index is 0.325. The van der Waals surface area contributed by atoms with E-state index in [0.717, 1.165) is 48.3 Å². The standard InChI is InChI=1S/C19H26N4O2/c1-13(2)19-20-7-5-18(22-19)21-14-6-8-23(12-14)15-9-16(24-3)11-17(10-15)25-4/h5,7,9-11,13-14H,6,8,12H2,1-4H3,(H,20,21,22). The number of nitrogens with one attached hydrogen (secondary N) is 1. The molecule has 1 unspecified atom stereocenters. The molecule has 1 aromatic carbocycles. The second kappa shape index (κ2) is 7.59. The van der Waals surface area contributed by atoms with Crippen LogP contribution in [0.1, 0.15) is 32.0 Å². The van der Waals surface area contributed by atoms with E-state index < -0.39 is 0 Å². The Balaban J connectivity index is 1.69. The third-order valence-electron chi connectivity index (χ3n) is 4.43. The van der Waals surface area contributed by atoms with Crippen molar-refractivity contribution in [3.05, 3.63) is 36.3 Å². The molecule has 0 amide bonds. The summed E-state index contributed by atoms with van der Waals surface area (Å²) in [7, 11) is 3.35. The van der Waals surface area contributed by atoms with Gasteiger partial charge in [-0.05, 0) is 12.5 Å². The normalized spacial score (nSPS) is 17.0. The quantitative estimate of drug-likeness (QED) is 0.869. The van der Waals surface area contributed by atoms with Gasteiger partial charge in [0.05, 0.1) is 14.2 Å². The van der Waals surface area contributed by atoms with E-state index >= 15 is 0 Å². The summed E-state index contributed by atoms with van der Waals surface area (Å²) in [6.07, 6.45) is 2.88. The van der Waals surface area contributed by atoms with Crippen molar-refractivity contribution in [3.8, 4) is 11.5 Å². The Hall–Kier alpha value is -2.50. The highest BCUT2D eigenvalue weighted by Gasteiger charge is 2.24. The smallest absolute Gasteiger partial charge is 0.133 e. The fourth-order valence-electron chi connectivity index (χ4n) is 3.03. The second-order valence-corrected chi connectivity index (χ2v) is 6.60. The fourth-order valence-corrected chi connectivity index (χ4v) is 3.03. The first kappa shape index (κ1) is 17.3. The largest absolute Gasteiger partial charge is 0.497 e. The van der Waals surface area contributed by atoms with Gasteiger partial charge in [0.2, 0.25) is 0 Å². The number of anilines is 2. The Morgan fingerprint density at radius 1 is 1.16 bits per heavy atom. The van der Waals surface area contributed by atoms with Gasteiger partial charge in [-0.15, -0.1) is 0 Å². The molecular weight excluding hydrogens is 316 g/mol. The molecule has 25 heavy (non-hydrogen) atoms. The van der Waals surface area contributed by atoms with Crippen LogP contribution in [-0.2, 0) is 0 Å². The zero-order valence-electron chi connectivity index (χ0n) is 15.3. The fraction of sp³-hybridized carbons (Fsp3) is 0.474. The molecule has 1 aliphatic heterocycles. The van der Waals surface area contributed by atoms with Crippen molar-refractivity contribution in [3.63, 3.8) is 0 Å². The van der Waals surface area contributed by atoms with E-state index in [-0.39, 0.29) is 0 Å². The topological polar surface area (TPSA) is 59.5 Å². The third-order valence-corrected chi connectivity index (χ3v) is 4.43. The predicted molar refractivity (Wildman–Crippen MR) is 99.9 cm³/mol. The summed E-state index contributed by atoms with van der Waals surface area (Å²) in [6, 6.07) is 8.28. The number of hydrogen-bond donors (Lipinski definition) is 1. The lowest BCUT2D eigenvalue weighted by atomic mass is 10.2. The molecule has 6 heteroatoms. The van der Waals surface area contributed by atoms with E-state index in [1.807, 2.05) is 30.5 Å². The number of hydrogen-bond acceptors (Lipinski definition) is 6. The van der Waals surface area contributed by atoms with Gasteiger partial charge in [-0.2, -0.15) is 0 Å². The van der Waals surface area contributed by atoms with Crippen LogP contribution >= 0.6 is 0 Å². The lowest BCUT2D eigenvalue weighted by Crippen LogP contribution is -2.26. The first-order valence-corrected chi connectivity index (χ1v) is 8.66. The van der Waals surface area contributed by atoms with Crippen LogP contribution in [0.3, 0.4) is 0 Å². The molecule has 1 aliphatic rings. The molecule has 2 aromatic rings. The molecule has 3 rings (SSSR count). The number of nitrogens with zero attached hydrogens (tertiary/aromatic N) is 3. The highest BCUT2D eigenvalue weighted by molar-refractivity contribution is 5.57. The van der Waals surface area contributed by atoms with Crippen molar-refractivity contribution in [1.29, 1.82) is 0 Å². The van der Waals surface area contributed by atoms with Gasteiger partial charge in [0.25, 0.3) is 0 Å². The lowest BCUT2D eigenvalue weighted by molar-refractivity contribution is 0.394. The van der Waals surface area contributed by atoms with Gasteiger partial charge in [-0.1, -0.05) is 13.8 Å². The number of aromatic nitrogens is 2. The maximum atomic E-state index is 5.38. The van der Waals surface area contributed by atoms with Crippen LogP contribution in [-0.4, -0.2) is 43.3 Å². The Morgan fingerprint density at radius 3 is 2.52 bits per heavy atom. The molecule has 0 saturated carbocycles. The van der Waals surface area contributed by atoms with E-state index in [2.05, 4.69) is 34.0 Å². The highest BCUT2D eigenvalue weighted by Crippen LogP contribution is 2.30. The van der Waals surface area contributed by atoms with Crippen molar-refractivity contribution >= 4 is 11.5 Å². The molecule has 1 fully saturated rings. The summed E-state index contributed by atoms with van der Waals surface area (Å²) in [6.45, 7) is 6.10. The minimum atomic E-state index is 0.325. The summed E-state index contributed by atoms with van der Waals surface area (Å²) in [5.41, 5.74) is 1.12. The molecule has 0 bridgehead atoms. The zero-order valence-corrected chi connectivity index (χ0v) is 15.3.